The van der Waals surface area contributed by atoms with E-state index < -0.39 is 0 Å². The van der Waals surface area contributed by atoms with Crippen LogP contribution < -0.4 is 10.6 Å². The number of rotatable bonds is 11. The molecule has 2 aliphatic rings. The lowest BCUT2D eigenvalue weighted by molar-refractivity contribution is 0.0487. The second-order valence-electron chi connectivity index (χ2n) is 7.85. The standard InChI is InChI=1S/C21H42N4O2/c1-3-4-14-26-16-17-27-15-12-23-21(22-2)24-19-9-8-13-25(18-19)20-10-6-5-7-11-20/h19-20H,3-18H2,1-2H3,(H2,22,23,24). The molecule has 1 aliphatic carbocycles. The molecule has 0 aromatic carbocycles. The fourth-order valence-electron chi connectivity index (χ4n) is 4.10. The Balaban J connectivity index is 1.56. The van der Waals surface area contributed by atoms with Gasteiger partial charge in [0.05, 0.1) is 19.8 Å². The number of guanidine groups is 1. The van der Waals surface area contributed by atoms with E-state index in [1.807, 2.05) is 7.05 Å². The quantitative estimate of drug-likeness (QED) is 0.327. The molecule has 0 aromatic rings. The molecule has 6 nitrogen and oxygen atoms in total. The minimum absolute atomic E-state index is 0.500. The predicted octanol–water partition coefficient (Wildman–Crippen LogP) is 2.78. The van der Waals surface area contributed by atoms with Gasteiger partial charge >= 0.3 is 0 Å². The van der Waals surface area contributed by atoms with Gasteiger partial charge in [0.15, 0.2) is 5.96 Å². The zero-order chi connectivity index (χ0) is 19.2. The third-order valence-electron chi connectivity index (χ3n) is 5.66. The molecule has 158 valence electrons. The van der Waals surface area contributed by atoms with E-state index in [0.717, 1.165) is 38.1 Å². The van der Waals surface area contributed by atoms with Gasteiger partial charge in [0.1, 0.15) is 0 Å². The maximum absolute atomic E-state index is 5.62. The SMILES string of the molecule is CCCCOCCOCCNC(=NC)NC1CCCN(C2CCCCC2)C1. The van der Waals surface area contributed by atoms with E-state index in [0.29, 0.717) is 25.9 Å². The van der Waals surface area contributed by atoms with Crippen molar-refractivity contribution in [2.45, 2.75) is 76.8 Å². The molecule has 0 amide bonds. The Labute approximate surface area is 166 Å². The molecule has 6 heteroatoms. The molecular formula is C21H42N4O2. The molecule has 1 aliphatic heterocycles. The van der Waals surface area contributed by atoms with E-state index >= 15 is 0 Å². The smallest absolute Gasteiger partial charge is 0.191 e. The number of piperidine rings is 1. The molecule has 0 bridgehead atoms. The number of nitrogens with one attached hydrogen (secondary N) is 2. The molecule has 2 fully saturated rings. The first kappa shape index (κ1) is 22.4. The first-order chi connectivity index (χ1) is 13.3. The highest BCUT2D eigenvalue weighted by Crippen LogP contribution is 2.25. The molecule has 1 atom stereocenters. The molecule has 2 rings (SSSR count). The Kier molecular flexibility index (Phi) is 11.8. The van der Waals surface area contributed by atoms with Crippen LogP contribution >= 0.6 is 0 Å². The van der Waals surface area contributed by atoms with Crippen molar-refractivity contribution in [1.82, 2.24) is 15.5 Å². The van der Waals surface area contributed by atoms with E-state index in [9.17, 15) is 0 Å². The van der Waals surface area contributed by atoms with Crippen LogP contribution in [0.15, 0.2) is 4.99 Å². The fraction of sp³-hybridized carbons (Fsp3) is 0.952. The molecule has 1 saturated heterocycles. The Morgan fingerprint density at radius 3 is 2.52 bits per heavy atom. The second kappa shape index (κ2) is 14.2. The largest absolute Gasteiger partial charge is 0.379 e. The molecule has 0 radical (unpaired) electrons. The van der Waals surface area contributed by atoms with Gasteiger partial charge in [0.2, 0.25) is 0 Å². The Morgan fingerprint density at radius 1 is 1.00 bits per heavy atom. The summed E-state index contributed by atoms with van der Waals surface area (Å²) in [5, 5.41) is 6.99. The first-order valence-corrected chi connectivity index (χ1v) is 11.2. The van der Waals surface area contributed by atoms with Crippen molar-refractivity contribution in [3.05, 3.63) is 0 Å². The van der Waals surface area contributed by atoms with Crippen LogP contribution in [0.1, 0.15) is 64.7 Å². The minimum Gasteiger partial charge on any atom is -0.379 e. The van der Waals surface area contributed by atoms with E-state index in [1.54, 1.807) is 0 Å². The van der Waals surface area contributed by atoms with Crippen molar-refractivity contribution < 1.29 is 9.47 Å². The van der Waals surface area contributed by atoms with Crippen LogP contribution in [-0.2, 0) is 9.47 Å². The maximum Gasteiger partial charge on any atom is 0.191 e. The van der Waals surface area contributed by atoms with Crippen LogP contribution in [0, 0.1) is 0 Å². The molecule has 1 unspecified atom stereocenters. The third-order valence-corrected chi connectivity index (χ3v) is 5.66. The second-order valence-corrected chi connectivity index (χ2v) is 7.85. The number of ether oxygens (including phenoxy) is 2. The maximum atomic E-state index is 5.62. The average molecular weight is 383 g/mol. The predicted molar refractivity (Wildman–Crippen MR) is 113 cm³/mol. The van der Waals surface area contributed by atoms with Gasteiger partial charge in [0.25, 0.3) is 0 Å². The van der Waals surface area contributed by atoms with Gasteiger partial charge in [-0.15, -0.1) is 0 Å². The van der Waals surface area contributed by atoms with E-state index in [4.69, 9.17) is 9.47 Å². The molecule has 2 N–H and O–H groups in total. The minimum atomic E-state index is 0.500. The van der Waals surface area contributed by atoms with Crippen molar-refractivity contribution in [3.8, 4) is 0 Å². The third kappa shape index (κ3) is 9.26. The summed E-state index contributed by atoms with van der Waals surface area (Å²) in [6.07, 6.45) is 11.8. The van der Waals surface area contributed by atoms with Crippen molar-refractivity contribution in [2.75, 3.05) is 53.1 Å². The van der Waals surface area contributed by atoms with Crippen LogP contribution in [0.2, 0.25) is 0 Å². The number of nitrogens with zero attached hydrogens (tertiary/aromatic N) is 2. The first-order valence-electron chi connectivity index (χ1n) is 11.2. The van der Waals surface area contributed by atoms with Gasteiger partial charge in [-0.2, -0.15) is 0 Å². The molecular weight excluding hydrogens is 340 g/mol. The summed E-state index contributed by atoms with van der Waals surface area (Å²) in [6, 6.07) is 1.31. The van der Waals surface area contributed by atoms with Crippen molar-refractivity contribution in [1.29, 1.82) is 0 Å². The van der Waals surface area contributed by atoms with Crippen LogP contribution in [0.3, 0.4) is 0 Å². The summed E-state index contributed by atoms with van der Waals surface area (Å²) in [4.78, 5) is 7.10. The van der Waals surface area contributed by atoms with Crippen LogP contribution in [0.25, 0.3) is 0 Å². The lowest BCUT2D eigenvalue weighted by atomic mass is 9.92. The fourth-order valence-corrected chi connectivity index (χ4v) is 4.10. The Morgan fingerprint density at radius 2 is 1.78 bits per heavy atom. The van der Waals surface area contributed by atoms with Crippen molar-refractivity contribution >= 4 is 5.96 Å². The summed E-state index contributed by atoms with van der Waals surface area (Å²) in [7, 11) is 1.85. The lowest BCUT2D eigenvalue weighted by Gasteiger charge is -2.40. The van der Waals surface area contributed by atoms with Gasteiger partial charge < -0.3 is 20.1 Å². The molecule has 1 saturated carbocycles. The highest BCUT2D eigenvalue weighted by Gasteiger charge is 2.27. The van der Waals surface area contributed by atoms with E-state index in [-0.39, 0.29) is 0 Å². The zero-order valence-electron chi connectivity index (χ0n) is 17.7. The lowest BCUT2D eigenvalue weighted by Crippen LogP contribution is -2.53. The summed E-state index contributed by atoms with van der Waals surface area (Å²) < 4.78 is 11.1. The van der Waals surface area contributed by atoms with Crippen molar-refractivity contribution in [2.24, 2.45) is 4.99 Å². The molecule has 27 heavy (non-hydrogen) atoms. The summed E-state index contributed by atoms with van der Waals surface area (Å²) in [5.41, 5.74) is 0. The molecule has 1 heterocycles. The molecule has 0 aromatic heterocycles. The zero-order valence-corrected chi connectivity index (χ0v) is 17.7. The number of hydrogen-bond donors (Lipinski definition) is 2. The van der Waals surface area contributed by atoms with Crippen LogP contribution in [0.4, 0.5) is 0 Å². The van der Waals surface area contributed by atoms with Crippen molar-refractivity contribution in [3.63, 3.8) is 0 Å². The summed E-state index contributed by atoms with van der Waals surface area (Å²) in [6.45, 7) is 8.23. The number of unbranched alkanes of at least 4 members (excludes halogenated alkanes) is 1. The van der Waals surface area contributed by atoms with E-state index in [1.165, 1.54) is 57.9 Å². The monoisotopic (exact) mass is 382 g/mol. The van der Waals surface area contributed by atoms with Crippen LogP contribution in [-0.4, -0.2) is 76.1 Å². The average Bonchev–Trinajstić information content (AvgIpc) is 2.72. The highest BCUT2D eigenvalue weighted by atomic mass is 16.5. The Hall–Kier alpha value is -0.850. The summed E-state index contributed by atoms with van der Waals surface area (Å²) in [5.74, 6) is 0.897. The van der Waals surface area contributed by atoms with E-state index in [2.05, 4.69) is 27.4 Å². The van der Waals surface area contributed by atoms with Gasteiger partial charge in [-0.25, -0.2) is 0 Å². The van der Waals surface area contributed by atoms with Gasteiger partial charge in [0, 0.05) is 38.8 Å². The Bertz CT molecular complexity index is 400. The van der Waals surface area contributed by atoms with Gasteiger partial charge in [-0.1, -0.05) is 32.6 Å². The molecule has 0 spiro atoms. The topological polar surface area (TPSA) is 58.1 Å². The summed E-state index contributed by atoms with van der Waals surface area (Å²) >= 11 is 0. The van der Waals surface area contributed by atoms with Gasteiger partial charge in [-0.05, 0) is 38.6 Å². The number of aliphatic imine (C=N–C) groups is 1. The van der Waals surface area contributed by atoms with Crippen LogP contribution in [0.5, 0.6) is 0 Å². The normalized spacial score (nSPS) is 22.7. The number of likely N-dealkylation sites (tertiary alicyclic amines) is 1. The number of hydrogen-bond acceptors (Lipinski definition) is 4. The van der Waals surface area contributed by atoms with Gasteiger partial charge in [-0.3, -0.25) is 9.89 Å². The highest BCUT2D eigenvalue weighted by molar-refractivity contribution is 5.79.